The SMILES string of the molecule is COc1cccc(C#N)c1NCc1csc(Br)c1. The second-order valence-electron chi connectivity index (χ2n) is 3.61. The molecular formula is C13H11BrN2OS. The monoisotopic (exact) mass is 322 g/mol. The van der Waals surface area contributed by atoms with Gasteiger partial charge in [0.25, 0.3) is 0 Å². The highest BCUT2D eigenvalue weighted by Gasteiger charge is 2.08. The molecule has 1 N–H and O–H groups in total. The normalized spacial score (nSPS) is 9.83. The largest absolute Gasteiger partial charge is 0.495 e. The number of methoxy groups -OCH3 is 1. The van der Waals surface area contributed by atoms with Crippen molar-refractivity contribution in [1.82, 2.24) is 0 Å². The molecule has 18 heavy (non-hydrogen) atoms. The third-order valence-electron chi connectivity index (χ3n) is 2.46. The highest BCUT2D eigenvalue weighted by molar-refractivity contribution is 9.11. The first kappa shape index (κ1) is 12.9. The number of anilines is 1. The predicted octanol–water partition coefficient (Wildman–Crippen LogP) is 4.00. The molecule has 0 saturated heterocycles. The van der Waals surface area contributed by atoms with Crippen LogP contribution in [0.1, 0.15) is 11.1 Å². The fourth-order valence-corrected chi connectivity index (χ4v) is 2.81. The van der Waals surface area contributed by atoms with Crippen molar-refractivity contribution >= 4 is 33.0 Å². The number of para-hydroxylation sites is 1. The maximum absolute atomic E-state index is 9.09. The Morgan fingerprint density at radius 1 is 1.50 bits per heavy atom. The van der Waals surface area contributed by atoms with Crippen LogP contribution in [-0.4, -0.2) is 7.11 Å². The van der Waals surface area contributed by atoms with Gasteiger partial charge in [-0.15, -0.1) is 11.3 Å². The fourth-order valence-electron chi connectivity index (χ4n) is 1.61. The van der Waals surface area contributed by atoms with Crippen LogP contribution in [0.2, 0.25) is 0 Å². The quantitative estimate of drug-likeness (QED) is 0.925. The minimum atomic E-state index is 0.587. The standard InChI is InChI=1S/C13H11BrN2OS/c1-17-11-4-2-3-10(6-15)13(11)16-7-9-5-12(14)18-8-9/h2-5,8,16H,7H2,1H3. The first-order valence-corrected chi connectivity index (χ1v) is 6.95. The molecule has 1 aromatic carbocycles. The molecular weight excluding hydrogens is 312 g/mol. The second-order valence-corrected chi connectivity index (χ2v) is 5.90. The molecule has 0 atom stereocenters. The van der Waals surface area contributed by atoms with E-state index in [1.54, 1.807) is 24.5 Å². The van der Waals surface area contributed by atoms with Gasteiger partial charge in [0.2, 0.25) is 0 Å². The van der Waals surface area contributed by atoms with E-state index in [1.165, 1.54) is 5.56 Å². The van der Waals surface area contributed by atoms with Crippen LogP contribution < -0.4 is 10.1 Å². The lowest BCUT2D eigenvalue weighted by molar-refractivity contribution is 0.416. The lowest BCUT2D eigenvalue weighted by Gasteiger charge is -2.11. The van der Waals surface area contributed by atoms with Crippen molar-refractivity contribution in [2.24, 2.45) is 0 Å². The Bertz CT molecular complexity index is 589. The van der Waals surface area contributed by atoms with Crippen molar-refractivity contribution in [3.63, 3.8) is 0 Å². The number of thiophene rings is 1. The summed E-state index contributed by atoms with van der Waals surface area (Å²) in [6, 6.07) is 9.64. The molecule has 92 valence electrons. The number of ether oxygens (including phenoxy) is 1. The number of rotatable bonds is 4. The van der Waals surface area contributed by atoms with Gasteiger partial charge in [-0.3, -0.25) is 0 Å². The summed E-state index contributed by atoms with van der Waals surface area (Å²) in [6.45, 7) is 0.664. The first-order chi connectivity index (χ1) is 8.74. The third kappa shape index (κ3) is 2.84. The lowest BCUT2D eigenvalue weighted by atomic mass is 10.1. The molecule has 5 heteroatoms. The van der Waals surface area contributed by atoms with Gasteiger partial charge >= 0.3 is 0 Å². The Morgan fingerprint density at radius 2 is 2.33 bits per heavy atom. The summed E-state index contributed by atoms with van der Waals surface area (Å²) >= 11 is 5.07. The molecule has 0 aliphatic heterocycles. The third-order valence-corrected chi connectivity index (χ3v) is 4.01. The summed E-state index contributed by atoms with van der Waals surface area (Å²) in [6.07, 6.45) is 0. The number of halogens is 1. The van der Waals surface area contributed by atoms with E-state index in [-0.39, 0.29) is 0 Å². The number of benzene rings is 1. The van der Waals surface area contributed by atoms with E-state index in [1.807, 2.05) is 12.1 Å². The number of hydrogen-bond acceptors (Lipinski definition) is 4. The van der Waals surface area contributed by atoms with Gasteiger partial charge in [0.1, 0.15) is 11.8 Å². The zero-order valence-electron chi connectivity index (χ0n) is 9.74. The van der Waals surface area contributed by atoms with Crippen molar-refractivity contribution < 1.29 is 4.74 Å². The summed E-state index contributed by atoms with van der Waals surface area (Å²) in [4.78, 5) is 0. The minimum Gasteiger partial charge on any atom is -0.495 e. The van der Waals surface area contributed by atoms with E-state index < -0.39 is 0 Å². The minimum absolute atomic E-state index is 0.587. The van der Waals surface area contributed by atoms with Gasteiger partial charge in [-0.05, 0) is 45.1 Å². The molecule has 0 spiro atoms. The molecule has 0 bridgehead atoms. The van der Waals surface area contributed by atoms with Crippen LogP contribution in [0.25, 0.3) is 0 Å². The smallest absolute Gasteiger partial charge is 0.143 e. The van der Waals surface area contributed by atoms with Gasteiger partial charge < -0.3 is 10.1 Å². The topological polar surface area (TPSA) is 45.0 Å². The fraction of sp³-hybridized carbons (Fsp3) is 0.154. The van der Waals surface area contributed by atoms with E-state index in [2.05, 4.69) is 38.8 Å². The Balaban J connectivity index is 2.20. The van der Waals surface area contributed by atoms with Crippen molar-refractivity contribution in [3.8, 4) is 11.8 Å². The summed E-state index contributed by atoms with van der Waals surface area (Å²) in [7, 11) is 1.60. The van der Waals surface area contributed by atoms with Crippen LogP contribution in [0.15, 0.2) is 33.4 Å². The zero-order chi connectivity index (χ0) is 13.0. The number of nitrogens with zero attached hydrogens (tertiary/aromatic N) is 1. The first-order valence-electron chi connectivity index (χ1n) is 5.28. The van der Waals surface area contributed by atoms with E-state index in [9.17, 15) is 0 Å². The van der Waals surface area contributed by atoms with Crippen LogP contribution in [0, 0.1) is 11.3 Å². The highest BCUT2D eigenvalue weighted by atomic mass is 79.9. The molecule has 2 rings (SSSR count). The zero-order valence-corrected chi connectivity index (χ0v) is 12.1. The Morgan fingerprint density at radius 3 is 2.94 bits per heavy atom. The van der Waals surface area contributed by atoms with Gasteiger partial charge in [0.15, 0.2) is 0 Å². The average molecular weight is 323 g/mol. The Hall–Kier alpha value is -1.51. The van der Waals surface area contributed by atoms with Gasteiger partial charge in [0, 0.05) is 6.54 Å². The van der Waals surface area contributed by atoms with Crippen molar-refractivity contribution in [1.29, 1.82) is 5.26 Å². The second kappa shape index (κ2) is 5.89. The molecule has 0 aliphatic carbocycles. The molecule has 0 unspecified atom stereocenters. The van der Waals surface area contributed by atoms with Crippen LogP contribution in [-0.2, 0) is 6.54 Å². The maximum Gasteiger partial charge on any atom is 0.143 e. The van der Waals surface area contributed by atoms with Crippen LogP contribution in [0.4, 0.5) is 5.69 Å². The van der Waals surface area contributed by atoms with E-state index in [0.29, 0.717) is 17.9 Å². The summed E-state index contributed by atoms with van der Waals surface area (Å²) < 4.78 is 6.36. The van der Waals surface area contributed by atoms with Gasteiger partial charge in [-0.1, -0.05) is 6.07 Å². The molecule has 0 saturated carbocycles. The van der Waals surface area contributed by atoms with Crippen LogP contribution in [0.5, 0.6) is 5.75 Å². The number of hydrogen-bond donors (Lipinski definition) is 1. The number of nitrogens with one attached hydrogen (secondary N) is 1. The van der Waals surface area contributed by atoms with Gasteiger partial charge in [0.05, 0.1) is 22.1 Å². The molecule has 0 aliphatic rings. The van der Waals surface area contributed by atoms with Crippen LogP contribution >= 0.6 is 27.3 Å². The lowest BCUT2D eigenvalue weighted by Crippen LogP contribution is -2.02. The number of nitriles is 1. The van der Waals surface area contributed by atoms with Crippen LogP contribution in [0.3, 0.4) is 0 Å². The van der Waals surface area contributed by atoms with E-state index >= 15 is 0 Å². The van der Waals surface area contributed by atoms with Crippen molar-refractivity contribution in [2.45, 2.75) is 6.54 Å². The Labute approximate surface area is 118 Å². The van der Waals surface area contributed by atoms with Gasteiger partial charge in [-0.25, -0.2) is 0 Å². The molecule has 0 amide bonds. The highest BCUT2D eigenvalue weighted by Crippen LogP contribution is 2.29. The van der Waals surface area contributed by atoms with Crippen molar-refractivity contribution in [3.05, 3.63) is 44.6 Å². The van der Waals surface area contributed by atoms with Crippen molar-refractivity contribution in [2.75, 3.05) is 12.4 Å². The molecule has 0 radical (unpaired) electrons. The van der Waals surface area contributed by atoms with E-state index in [0.717, 1.165) is 9.47 Å². The predicted molar refractivity (Wildman–Crippen MR) is 77.1 cm³/mol. The van der Waals surface area contributed by atoms with E-state index in [4.69, 9.17) is 10.00 Å². The summed E-state index contributed by atoms with van der Waals surface area (Å²) in [5.74, 6) is 0.684. The maximum atomic E-state index is 9.09. The molecule has 1 aromatic heterocycles. The summed E-state index contributed by atoms with van der Waals surface area (Å²) in [5.41, 5.74) is 2.50. The Kier molecular flexibility index (Phi) is 4.24. The molecule has 3 nitrogen and oxygen atoms in total. The summed E-state index contributed by atoms with van der Waals surface area (Å²) in [5, 5.41) is 14.4. The molecule has 2 aromatic rings. The average Bonchev–Trinajstić information content (AvgIpc) is 2.81. The molecule has 0 fully saturated rings. The van der Waals surface area contributed by atoms with Gasteiger partial charge in [-0.2, -0.15) is 5.26 Å². The molecule has 1 heterocycles.